The molecule has 0 aliphatic heterocycles. The molecule has 0 bridgehead atoms. The van der Waals surface area contributed by atoms with E-state index in [1.54, 1.807) is 13.0 Å². The van der Waals surface area contributed by atoms with E-state index < -0.39 is 10.0 Å². The maximum atomic E-state index is 12.5. The Morgan fingerprint density at radius 2 is 1.96 bits per heavy atom. The highest BCUT2D eigenvalue weighted by atomic mass is 32.2. The molecular weight excluding hydrogens is 380 g/mol. The van der Waals surface area contributed by atoms with Crippen LogP contribution in [0.5, 0.6) is 5.75 Å². The summed E-state index contributed by atoms with van der Waals surface area (Å²) in [6.45, 7) is 2.08. The summed E-state index contributed by atoms with van der Waals surface area (Å²) >= 11 is 1.29. The second-order valence-corrected chi connectivity index (χ2v) is 8.53. The Morgan fingerprint density at radius 1 is 1.27 bits per heavy atom. The fraction of sp³-hybridized carbons (Fsp3) is 0.500. The van der Waals surface area contributed by atoms with Crippen LogP contribution in [0.2, 0.25) is 0 Å². The number of amides is 1. The number of carbonyl (C=O) groups is 2. The molecule has 0 saturated heterocycles. The lowest BCUT2D eigenvalue weighted by molar-refractivity contribution is -0.137. The molecule has 0 saturated carbocycles. The number of rotatable bonds is 10. The Kier molecular flexibility index (Phi) is 8.89. The topological polar surface area (TPSA) is 102 Å². The Hall–Kier alpha value is -1.78. The van der Waals surface area contributed by atoms with Crippen LogP contribution >= 0.6 is 11.8 Å². The van der Waals surface area contributed by atoms with Crippen molar-refractivity contribution in [2.75, 3.05) is 44.6 Å². The largest absolute Gasteiger partial charge is 0.492 e. The van der Waals surface area contributed by atoms with Gasteiger partial charge in [-0.1, -0.05) is 0 Å². The zero-order chi connectivity index (χ0) is 19.7. The van der Waals surface area contributed by atoms with Gasteiger partial charge >= 0.3 is 5.97 Å². The fourth-order valence-corrected chi connectivity index (χ4v) is 3.67. The second kappa shape index (κ2) is 10.4. The van der Waals surface area contributed by atoms with Crippen LogP contribution in [0.15, 0.2) is 23.1 Å². The van der Waals surface area contributed by atoms with E-state index in [4.69, 9.17) is 4.74 Å². The molecule has 0 aromatic heterocycles. The molecule has 1 amide bonds. The monoisotopic (exact) mass is 404 g/mol. The third-order valence-corrected chi connectivity index (χ3v) is 5.98. The number of nitrogens with zero attached hydrogens (tertiary/aromatic N) is 1. The summed E-state index contributed by atoms with van der Waals surface area (Å²) in [5.41, 5.74) is 0.358. The average molecular weight is 405 g/mol. The minimum absolute atomic E-state index is 0.0118. The van der Waals surface area contributed by atoms with Crippen molar-refractivity contribution in [3.63, 3.8) is 0 Å². The molecule has 1 aromatic carbocycles. The van der Waals surface area contributed by atoms with Crippen LogP contribution in [0.1, 0.15) is 13.3 Å². The van der Waals surface area contributed by atoms with Crippen molar-refractivity contribution < 1.29 is 27.5 Å². The van der Waals surface area contributed by atoms with Gasteiger partial charge < -0.3 is 14.8 Å². The van der Waals surface area contributed by atoms with Gasteiger partial charge in [-0.05, 0) is 25.1 Å². The van der Waals surface area contributed by atoms with Gasteiger partial charge in [0.25, 0.3) is 0 Å². The smallest absolute Gasteiger partial charge is 0.315 e. The van der Waals surface area contributed by atoms with Gasteiger partial charge in [0.1, 0.15) is 10.6 Å². The Labute approximate surface area is 158 Å². The highest BCUT2D eigenvalue weighted by Gasteiger charge is 2.23. The first-order valence-electron chi connectivity index (χ1n) is 7.86. The highest BCUT2D eigenvalue weighted by molar-refractivity contribution is 7.99. The van der Waals surface area contributed by atoms with Crippen molar-refractivity contribution in [3.8, 4) is 5.75 Å². The third-order valence-electron chi connectivity index (χ3n) is 3.21. The lowest BCUT2D eigenvalue weighted by Crippen LogP contribution is -2.23. The van der Waals surface area contributed by atoms with E-state index in [0.717, 1.165) is 4.31 Å². The summed E-state index contributed by atoms with van der Waals surface area (Å²) in [6.07, 6.45) is 0.185. The number of benzene rings is 1. The molecule has 0 fully saturated rings. The summed E-state index contributed by atoms with van der Waals surface area (Å²) in [4.78, 5) is 23.0. The van der Waals surface area contributed by atoms with E-state index in [-0.39, 0.29) is 34.7 Å². The molecule has 146 valence electrons. The summed E-state index contributed by atoms with van der Waals surface area (Å²) in [7, 11) is 0.437. The van der Waals surface area contributed by atoms with E-state index in [9.17, 15) is 18.0 Å². The van der Waals surface area contributed by atoms with E-state index >= 15 is 0 Å². The number of hydrogen-bond acceptors (Lipinski definition) is 7. The zero-order valence-corrected chi connectivity index (χ0v) is 16.9. The number of ether oxygens (including phenoxy) is 2. The molecule has 1 rings (SSSR count). The van der Waals surface area contributed by atoms with Crippen molar-refractivity contribution in [1.29, 1.82) is 0 Å². The van der Waals surface area contributed by atoms with Crippen LogP contribution in [0.4, 0.5) is 5.69 Å². The van der Waals surface area contributed by atoms with Crippen LogP contribution in [0.25, 0.3) is 0 Å². The SMILES string of the molecule is CCOc1ccc(NC(=O)CCSCC(=O)OC)cc1S(=O)(=O)N(C)C. The van der Waals surface area contributed by atoms with Gasteiger partial charge in [0.2, 0.25) is 15.9 Å². The number of carbonyl (C=O) groups excluding carboxylic acids is 2. The summed E-state index contributed by atoms with van der Waals surface area (Å²) < 4.78 is 35.9. The molecular formula is C16H24N2O6S2. The first kappa shape index (κ1) is 22.3. The van der Waals surface area contributed by atoms with Crippen LogP contribution < -0.4 is 10.1 Å². The van der Waals surface area contributed by atoms with Crippen LogP contribution in [-0.4, -0.2) is 63.9 Å². The fourth-order valence-electron chi connectivity index (χ4n) is 1.86. The number of nitrogens with one attached hydrogen (secondary N) is 1. The molecule has 1 aromatic rings. The molecule has 0 spiro atoms. The van der Waals surface area contributed by atoms with Crippen molar-refractivity contribution in [2.45, 2.75) is 18.2 Å². The summed E-state index contributed by atoms with van der Waals surface area (Å²) in [6, 6.07) is 4.47. The molecule has 0 aliphatic rings. The van der Waals surface area contributed by atoms with Crippen molar-refractivity contribution in [3.05, 3.63) is 18.2 Å². The molecule has 0 heterocycles. The lowest BCUT2D eigenvalue weighted by atomic mass is 10.3. The molecule has 26 heavy (non-hydrogen) atoms. The minimum atomic E-state index is -3.72. The van der Waals surface area contributed by atoms with Crippen LogP contribution in [0.3, 0.4) is 0 Å². The molecule has 1 N–H and O–H groups in total. The minimum Gasteiger partial charge on any atom is -0.492 e. The van der Waals surface area contributed by atoms with E-state index in [2.05, 4.69) is 10.1 Å². The van der Waals surface area contributed by atoms with E-state index in [1.807, 2.05) is 0 Å². The second-order valence-electron chi connectivity index (χ2n) is 5.31. The van der Waals surface area contributed by atoms with Gasteiger partial charge in [-0.3, -0.25) is 9.59 Å². The first-order chi connectivity index (χ1) is 12.2. The molecule has 0 aliphatic carbocycles. The summed E-state index contributed by atoms with van der Waals surface area (Å²) in [5.74, 6) is 0.229. The van der Waals surface area contributed by atoms with Gasteiger partial charge in [0.05, 0.1) is 19.5 Å². The Morgan fingerprint density at radius 3 is 2.54 bits per heavy atom. The number of hydrogen-bond donors (Lipinski definition) is 1. The molecule has 8 nitrogen and oxygen atoms in total. The zero-order valence-electron chi connectivity index (χ0n) is 15.3. The third kappa shape index (κ3) is 6.50. The van der Waals surface area contributed by atoms with Crippen molar-refractivity contribution in [2.24, 2.45) is 0 Å². The number of thioether (sulfide) groups is 1. The predicted molar refractivity (Wildman–Crippen MR) is 101 cm³/mol. The number of sulfonamides is 1. The van der Waals surface area contributed by atoms with Crippen LogP contribution in [-0.2, 0) is 24.3 Å². The molecule has 0 radical (unpaired) electrons. The van der Waals surface area contributed by atoms with Gasteiger partial charge in [-0.2, -0.15) is 0 Å². The number of anilines is 1. The van der Waals surface area contributed by atoms with Crippen molar-refractivity contribution >= 4 is 39.3 Å². The van der Waals surface area contributed by atoms with Gasteiger partial charge in [0.15, 0.2) is 0 Å². The first-order valence-corrected chi connectivity index (χ1v) is 10.5. The summed E-state index contributed by atoms with van der Waals surface area (Å²) in [5, 5.41) is 2.66. The maximum absolute atomic E-state index is 12.5. The number of esters is 1. The average Bonchev–Trinajstić information content (AvgIpc) is 2.59. The van der Waals surface area contributed by atoms with Gasteiger partial charge in [-0.25, -0.2) is 12.7 Å². The van der Waals surface area contributed by atoms with Crippen molar-refractivity contribution in [1.82, 2.24) is 4.31 Å². The van der Waals surface area contributed by atoms with Gasteiger partial charge in [-0.15, -0.1) is 11.8 Å². The Bertz CT molecular complexity index is 734. The predicted octanol–water partition coefficient (Wildman–Crippen LogP) is 1.57. The molecule has 10 heteroatoms. The maximum Gasteiger partial charge on any atom is 0.315 e. The number of methoxy groups -OCH3 is 1. The normalized spacial score (nSPS) is 11.3. The molecule has 0 atom stereocenters. The lowest BCUT2D eigenvalue weighted by Gasteiger charge is -2.16. The van der Waals surface area contributed by atoms with Crippen LogP contribution in [0, 0.1) is 0 Å². The highest BCUT2D eigenvalue weighted by Crippen LogP contribution is 2.29. The quantitative estimate of drug-likeness (QED) is 0.466. The van der Waals surface area contributed by atoms with Gasteiger partial charge in [0, 0.05) is 32.0 Å². The van der Waals surface area contributed by atoms with E-state index in [0.29, 0.717) is 18.0 Å². The van der Waals surface area contributed by atoms with E-state index in [1.165, 1.54) is 45.1 Å². The standard InChI is InChI=1S/C16H24N2O6S2/c1-5-24-13-7-6-12(10-14(13)26(21,22)18(2)3)17-15(19)8-9-25-11-16(20)23-4/h6-7,10H,5,8-9,11H2,1-4H3,(H,17,19). The molecule has 0 unspecified atom stereocenters. The Balaban J connectivity index is 2.82.